The average Bonchev–Trinajstić information content (AvgIpc) is 2.59. The molecule has 1 atom stereocenters. The summed E-state index contributed by atoms with van der Waals surface area (Å²) in [5, 5.41) is 3.03. The number of carbonyl (C=O) groups is 1. The molecule has 1 heterocycles. The number of hydrogen-bond acceptors (Lipinski definition) is 3. The van der Waals surface area contributed by atoms with Crippen LogP contribution in [0.5, 0.6) is 11.5 Å². The summed E-state index contributed by atoms with van der Waals surface area (Å²) in [4.78, 5) is 12.4. The monoisotopic (exact) mass is 355 g/mol. The number of nitrogens with one attached hydrogen (secondary N) is 1. The van der Waals surface area contributed by atoms with Crippen molar-refractivity contribution in [2.75, 3.05) is 7.11 Å². The Labute approximate surface area is 152 Å². The normalized spacial score (nSPS) is 18.1. The molecule has 3 rings (SSSR count). The zero-order chi connectivity index (χ0) is 18.7. The van der Waals surface area contributed by atoms with E-state index in [1.54, 1.807) is 25.3 Å². The number of methoxy groups -OCH3 is 1. The number of hydrogen-bond donors (Lipinski definition) is 1. The first kappa shape index (κ1) is 18.0. The Morgan fingerprint density at radius 3 is 2.69 bits per heavy atom. The highest BCUT2D eigenvalue weighted by Crippen LogP contribution is 2.41. The lowest BCUT2D eigenvalue weighted by Gasteiger charge is -2.37. The van der Waals surface area contributed by atoms with Gasteiger partial charge in [0.2, 0.25) is 5.91 Å². The van der Waals surface area contributed by atoms with E-state index < -0.39 is 5.60 Å². The van der Waals surface area contributed by atoms with E-state index in [0.717, 1.165) is 11.1 Å². The second-order valence-electron chi connectivity index (χ2n) is 6.92. The SMILES string of the molecule is COc1ccc2c(c1)OC(C)(C)CC2NC(=O)/C=C/c1ccc(F)cc1. The highest BCUT2D eigenvalue weighted by Gasteiger charge is 2.34. The van der Waals surface area contributed by atoms with Gasteiger partial charge >= 0.3 is 0 Å². The van der Waals surface area contributed by atoms with Crippen LogP contribution >= 0.6 is 0 Å². The van der Waals surface area contributed by atoms with Crippen LogP contribution in [0, 0.1) is 5.82 Å². The summed E-state index contributed by atoms with van der Waals surface area (Å²) < 4.78 is 24.2. The van der Waals surface area contributed by atoms with E-state index in [0.29, 0.717) is 17.9 Å². The minimum Gasteiger partial charge on any atom is -0.497 e. The summed E-state index contributed by atoms with van der Waals surface area (Å²) in [6.45, 7) is 3.98. The lowest BCUT2D eigenvalue weighted by molar-refractivity contribution is -0.117. The number of ether oxygens (including phenoxy) is 2. The first-order valence-corrected chi connectivity index (χ1v) is 8.47. The fraction of sp³-hybridized carbons (Fsp3) is 0.286. The van der Waals surface area contributed by atoms with Crippen molar-refractivity contribution in [3.63, 3.8) is 0 Å². The first-order valence-electron chi connectivity index (χ1n) is 8.47. The van der Waals surface area contributed by atoms with Crippen molar-refractivity contribution in [2.45, 2.75) is 31.9 Å². The van der Waals surface area contributed by atoms with E-state index in [1.165, 1.54) is 18.2 Å². The Morgan fingerprint density at radius 1 is 1.27 bits per heavy atom. The second kappa shape index (κ2) is 7.20. The van der Waals surface area contributed by atoms with Crippen molar-refractivity contribution in [3.05, 3.63) is 65.5 Å². The predicted molar refractivity (Wildman–Crippen MR) is 98.6 cm³/mol. The summed E-state index contributed by atoms with van der Waals surface area (Å²) in [6, 6.07) is 11.4. The molecule has 2 aromatic carbocycles. The van der Waals surface area contributed by atoms with Crippen LogP contribution in [-0.4, -0.2) is 18.6 Å². The molecule has 0 aromatic heterocycles. The van der Waals surface area contributed by atoms with E-state index in [2.05, 4.69) is 5.32 Å². The topological polar surface area (TPSA) is 47.6 Å². The van der Waals surface area contributed by atoms with Gasteiger partial charge in [-0.2, -0.15) is 0 Å². The molecule has 26 heavy (non-hydrogen) atoms. The van der Waals surface area contributed by atoms with Crippen LogP contribution in [0.2, 0.25) is 0 Å². The number of amides is 1. The van der Waals surface area contributed by atoms with Gasteiger partial charge in [0.25, 0.3) is 0 Å². The first-order chi connectivity index (χ1) is 12.4. The van der Waals surface area contributed by atoms with Crippen LogP contribution in [0.25, 0.3) is 6.08 Å². The zero-order valence-electron chi connectivity index (χ0n) is 15.1. The Kier molecular flexibility index (Phi) is 4.98. The van der Waals surface area contributed by atoms with Crippen LogP contribution in [0.1, 0.15) is 37.4 Å². The van der Waals surface area contributed by atoms with Crippen LogP contribution in [-0.2, 0) is 4.79 Å². The highest BCUT2D eigenvalue weighted by atomic mass is 19.1. The lowest BCUT2D eigenvalue weighted by Crippen LogP contribution is -2.40. The standard InChI is InChI=1S/C21H22FNO3/c1-21(2)13-18(17-10-9-16(25-3)12-19(17)26-21)23-20(24)11-6-14-4-7-15(22)8-5-14/h4-12,18H,13H2,1-3H3,(H,23,24)/b11-6+. The maximum atomic E-state index is 12.9. The van der Waals surface area contributed by atoms with Gasteiger partial charge in [0, 0.05) is 24.1 Å². The maximum absolute atomic E-state index is 12.9. The number of fused-ring (bicyclic) bond motifs is 1. The Hall–Kier alpha value is -2.82. The molecular formula is C21H22FNO3. The van der Waals surface area contributed by atoms with E-state index >= 15 is 0 Å². The third kappa shape index (κ3) is 4.23. The van der Waals surface area contributed by atoms with Gasteiger partial charge in [0.05, 0.1) is 13.2 Å². The molecule has 0 spiro atoms. The summed E-state index contributed by atoms with van der Waals surface area (Å²) in [5.41, 5.74) is 1.28. The van der Waals surface area contributed by atoms with Gasteiger partial charge in [0.1, 0.15) is 22.9 Å². The molecule has 0 aliphatic carbocycles. The largest absolute Gasteiger partial charge is 0.497 e. The van der Waals surface area contributed by atoms with E-state index in [9.17, 15) is 9.18 Å². The molecule has 0 bridgehead atoms. The van der Waals surface area contributed by atoms with E-state index in [4.69, 9.17) is 9.47 Å². The third-order valence-electron chi connectivity index (χ3n) is 4.29. The average molecular weight is 355 g/mol. The molecule has 1 amide bonds. The van der Waals surface area contributed by atoms with Crippen molar-refractivity contribution in [3.8, 4) is 11.5 Å². The van der Waals surface area contributed by atoms with Crippen molar-refractivity contribution >= 4 is 12.0 Å². The molecule has 2 aromatic rings. The Morgan fingerprint density at radius 2 is 2.00 bits per heavy atom. The van der Waals surface area contributed by atoms with Crippen molar-refractivity contribution in [1.29, 1.82) is 0 Å². The van der Waals surface area contributed by atoms with Crippen LogP contribution in [0.15, 0.2) is 48.5 Å². The quantitative estimate of drug-likeness (QED) is 0.834. The number of rotatable bonds is 4. The molecule has 1 N–H and O–H groups in total. The summed E-state index contributed by atoms with van der Waals surface area (Å²) in [6.07, 6.45) is 3.77. The lowest BCUT2D eigenvalue weighted by atomic mass is 9.89. The fourth-order valence-corrected chi connectivity index (χ4v) is 3.05. The van der Waals surface area contributed by atoms with Crippen LogP contribution < -0.4 is 14.8 Å². The summed E-state index contributed by atoms with van der Waals surface area (Å²) in [7, 11) is 1.61. The smallest absolute Gasteiger partial charge is 0.244 e. The minimum atomic E-state index is -0.405. The molecule has 0 saturated carbocycles. The molecule has 0 radical (unpaired) electrons. The molecular weight excluding hydrogens is 333 g/mol. The van der Waals surface area contributed by atoms with Gasteiger partial charge in [-0.05, 0) is 49.8 Å². The van der Waals surface area contributed by atoms with Crippen LogP contribution in [0.3, 0.4) is 0 Å². The molecule has 0 saturated heterocycles. The predicted octanol–water partition coefficient (Wildman–Crippen LogP) is 4.27. The maximum Gasteiger partial charge on any atom is 0.244 e. The van der Waals surface area contributed by atoms with Crippen molar-refractivity contribution < 1.29 is 18.7 Å². The molecule has 1 aliphatic rings. The van der Waals surface area contributed by atoms with Crippen LogP contribution in [0.4, 0.5) is 4.39 Å². The number of carbonyl (C=O) groups excluding carboxylic acids is 1. The van der Waals surface area contributed by atoms with Gasteiger partial charge in [-0.25, -0.2) is 4.39 Å². The molecule has 0 fully saturated rings. The minimum absolute atomic E-state index is 0.162. The molecule has 1 unspecified atom stereocenters. The van der Waals surface area contributed by atoms with Crippen molar-refractivity contribution in [2.24, 2.45) is 0 Å². The molecule has 1 aliphatic heterocycles. The number of halogens is 1. The third-order valence-corrected chi connectivity index (χ3v) is 4.29. The van der Waals surface area contributed by atoms with Gasteiger partial charge in [-0.15, -0.1) is 0 Å². The molecule has 5 heteroatoms. The Balaban J connectivity index is 1.76. The highest BCUT2D eigenvalue weighted by molar-refractivity contribution is 5.92. The van der Waals surface area contributed by atoms with E-state index in [-0.39, 0.29) is 17.8 Å². The summed E-state index contributed by atoms with van der Waals surface area (Å²) >= 11 is 0. The van der Waals surface area contributed by atoms with Gasteiger partial charge in [0.15, 0.2) is 0 Å². The van der Waals surface area contributed by atoms with Gasteiger partial charge < -0.3 is 14.8 Å². The Bertz CT molecular complexity index is 828. The number of benzene rings is 2. The van der Waals surface area contributed by atoms with Gasteiger partial charge in [-0.3, -0.25) is 4.79 Å². The second-order valence-corrected chi connectivity index (χ2v) is 6.92. The molecule has 4 nitrogen and oxygen atoms in total. The molecule has 136 valence electrons. The van der Waals surface area contributed by atoms with E-state index in [1.807, 2.05) is 32.0 Å². The summed E-state index contributed by atoms with van der Waals surface area (Å²) in [5.74, 6) is 0.915. The zero-order valence-corrected chi connectivity index (χ0v) is 15.1. The van der Waals surface area contributed by atoms with Gasteiger partial charge in [-0.1, -0.05) is 12.1 Å². The fourth-order valence-electron chi connectivity index (χ4n) is 3.05. The van der Waals surface area contributed by atoms with Crippen molar-refractivity contribution in [1.82, 2.24) is 5.32 Å².